The third kappa shape index (κ3) is 16.0. The second-order valence-electron chi connectivity index (χ2n) is 10.4. The molecule has 37 heavy (non-hydrogen) atoms. The van der Waals surface area contributed by atoms with Gasteiger partial charge in [-0.3, -0.25) is 9.59 Å². The summed E-state index contributed by atoms with van der Waals surface area (Å²) in [5.74, 6) is -2.96. The molecule has 5 unspecified atom stereocenters. The van der Waals surface area contributed by atoms with E-state index in [-0.39, 0.29) is 37.6 Å². The van der Waals surface area contributed by atoms with Crippen LogP contribution in [0.2, 0.25) is 0 Å². The van der Waals surface area contributed by atoms with Gasteiger partial charge in [-0.25, -0.2) is 4.79 Å². The maximum atomic E-state index is 13.0. The van der Waals surface area contributed by atoms with Crippen LogP contribution in [0.25, 0.3) is 0 Å². The van der Waals surface area contributed by atoms with Crippen LogP contribution >= 0.6 is 0 Å². The van der Waals surface area contributed by atoms with Crippen molar-refractivity contribution < 1.29 is 33.7 Å². The summed E-state index contributed by atoms with van der Waals surface area (Å²) in [7, 11) is 0. The Kier molecular flexibility index (Phi) is 21.4. The minimum absolute atomic E-state index is 0.184. The number of hydrogen-bond donors (Lipinski definition) is 1. The molecule has 0 rings (SSSR count). The molecule has 0 aliphatic carbocycles. The highest BCUT2D eigenvalue weighted by atomic mass is 16.6. The predicted octanol–water partition coefficient (Wildman–Crippen LogP) is 6.63. The molecule has 0 bridgehead atoms. The van der Waals surface area contributed by atoms with E-state index in [4.69, 9.17) is 14.2 Å². The lowest BCUT2D eigenvalue weighted by atomic mass is 9.97. The Morgan fingerprint density at radius 3 is 1.35 bits per heavy atom. The molecule has 0 aliphatic heterocycles. The van der Waals surface area contributed by atoms with E-state index in [2.05, 4.69) is 27.7 Å². The molecule has 0 aromatic carbocycles. The van der Waals surface area contributed by atoms with Crippen molar-refractivity contribution in [3.05, 3.63) is 0 Å². The Labute approximate surface area is 226 Å². The zero-order valence-electron chi connectivity index (χ0n) is 24.6. The normalized spacial score (nSPS) is 15.3. The molecule has 1 N–H and O–H groups in total. The first-order valence-corrected chi connectivity index (χ1v) is 14.9. The van der Waals surface area contributed by atoms with Crippen molar-refractivity contribution in [3.8, 4) is 0 Å². The number of rotatable bonds is 23. The summed E-state index contributed by atoms with van der Waals surface area (Å²) in [5, 5.41) is 10.8. The minimum Gasteiger partial charge on any atom is -0.465 e. The summed E-state index contributed by atoms with van der Waals surface area (Å²) in [4.78, 5) is 38.3. The van der Waals surface area contributed by atoms with Gasteiger partial charge >= 0.3 is 17.9 Å². The van der Waals surface area contributed by atoms with E-state index in [9.17, 15) is 19.5 Å². The average molecular weight is 529 g/mol. The topological polar surface area (TPSA) is 99.1 Å². The van der Waals surface area contributed by atoms with Gasteiger partial charge in [0.2, 0.25) is 0 Å². The highest BCUT2D eigenvalue weighted by Gasteiger charge is 2.37. The lowest BCUT2D eigenvalue weighted by Crippen LogP contribution is -2.40. The summed E-state index contributed by atoms with van der Waals surface area (Å²) in [6.07, 6.45) is 9.55. The van der Waals surface area contributed by atoms with Gasteiger partial charge in [-0.15, -0.1) is 0 Å². The van der Waals surface area contributed by atoms with E-state index in [1.807, 2.05) is 13.8 Å². The largest absolute Gasteiger partial charge is 0.465 e. The molecule has 0 amide bonds. The Bertz CT molecular complexity index is 607. The van der Waals surface area contributed by atoms with Crippen molar-refractivity contribution in [1.29, 1.82) is 0 Å². The van der Waals surface area contributed by atoms with Gasteiger partial charge in [0.25, 0.3) is 0 Å². The van der Waals surface area contributed by atoms with E-state index < -0.39 is 36.4 Å². The fourth-order valence-electron chi connectivity index (χ4n) is 4.22. The lowest BCUT2D eigenvalue weighted by molar-refractivity contribution is -0.171. The Balaban J connectivity index is 5.27. The zero-order valence-corrected chi connectivity index (χ0v) is 24.6. The van der Waals surface area contributed by atoms with Crippen LogP contribution in [0.3, 0.4) is 0 Å². The second-order valence-corrected chi connectivity index (χ2v) is 10.4. The van der Waals surface area contributed by atoms with Gasteiger partial charge in [0.15, 0.2) is 6.10 Å². The van der Waals surface area contributed by atoms with Gasteiger partial charge in [0, 0.05) is 0 Å². The summed E-state index contributed by atoms with van der Waals surface area (Å²) in [5.41, 5.74) is 0. The van der Waals surface area contributed by atoms with E-state index in [0.717, 1.165) is 77.0 Å². The maximum Gasteiger partial charge on any atom is 0.335 e. The Morgan fingerprint density at radius 1 is 0.595 bits per heavy atom. The van der Waals surface area contributed by atoms with Gasteiger partial charge in [-0.05, 0) is 37.0 Å². The number of esters is 3. The molecular weight excluding hydrogens is 472 g/mol. The van der Waals surface area contributed by atoms with E-state index in [1.54, 1.807) is 0 Å². The number of ether oxygens (including phenoxy) is 3. The summed E-state index contributed by atoms with van der Waals surface area (Å²) < 4.78 is 16.3. The van der Waals surface area contributed by atoms with Crippen molar-refractivity contribution >= 4 is 17.9 Å². The molecule has 0 saturated carbocycles. The van der Waals surface area contributed by atoms with Gasteiger partial charge in [0.05, 0.1) is 26.2 Å². The molecule has 0 aromatic heterocycles. The van der Waals surface area contributed by atoms with E-state index >= 15 is 0 Å². The van der Waals surface area contributed by atoms with Crippen LogP contribution in [-0.2, 0) is 28.6 Å². The molecular formula is C30H56O7. The SMILES string of the molecule is CCCCC(CC)COC(=O)CC(C(=O)OCC(CC)CCCC)C(O)C(=O)OCC(CC)CCCC. The molecule has 0 heterocycles. The van der Waals surface area contributed by atoms with Crippen molar-refractivity contribution in [2.45, 2.75) is 131 Å². The van der Waals surface area contributed by atoms with Crippen LogP contribution in [0.4, 0.5) is 0 Å². The first kappa shape index (κ1) is 35.4. The second kappa shape index (κ2) is 22.4. The quantitative estimate of drug-likeness (QED) is 0.117. The molecule has 0 aliphatic rings. The Morgan fingerprint density at radius 2 is 0.973 bits per heavy atom. The number of carbonyl (C=O) groups is 3. The molecule has 7 nitrogen and oxygen atoms in total. The summed E-state index contributed by atoms with van der Waals surface area (Å²) in [6.45, 7) is 13.1. The average Bonchev–Trinajstić information content (AvgIpc) is 2.91. The number of carbonyl (C=O) groups excluding carboxylic acids is 3. The molecule has 5 atom stereocenters. The van der Waals surface area contributed by atoms with Crippen molar-refractivity contribution in [3.63, 3.8) is 0 Å². The van der Waals surface area contributed by atoms with Gasteiger partial charge < -0.3 is 19.3 Å². The van der Waals surface area contributed by atoms with Crippen LogP contribution in [0, 0.1) is 23.7 Å². The van der Waals surface area contributed by atoms with Crippen LogP contribution in [0.1, 0.15) is 125 Å². The lowest BCUT2D eigenvalue weighted by Gasteiger charge is -2.23. The first-order valence-electron chi connectivity index (χ1n) is 14.9. The van der Waals surface area contributed by atoms with Gasteiger partial charge in [-0.1, -0.05) is 99.3 Å². The highest BCUT2D eigenvalue weighted by molar-refractivity contribution is 5.87. The van der Waals surface area contributed by atoms with Crippen molar-refractivity contribution in [2.75, 3.05) is 19.8 Å². The number of aliphatic hydroxyl groups is 1. The summed E-state index contributed by atoms with van der Waals surface area (Å²) >= 11 is 0. The number of hydrogen-bond acceptors (Lipinski definition) is 7. The predicted molar refractivity (Wildman–Crippen MR) is 147 cm³/mol. The van der Waals surface area contributed by atoms with Crippen molar-refractivity contribution in [1.82, 2.24) is 0 Å². The van der Waals surface area contributed by atoms with Crippen LogP contribution in [0.5, 0.6) is 0 Å². The molecule has 0 aromatic rings. The third-order valence-electron chi connectivity index (χ3n) is 7.34. The Hall–Kier alpha value is -1.63. The van der Waals surface area contributed by atoms with Gasteiger partial charge in [0.1, 0.15) is 5.92 Å². The molecule has 0 fully saturated rings. The summed E-state index contributed by atoms with van der Waals surface area (Å²) in [6, 6.07) is 0. The van der Waals surface area contributed by atoms with E-state index in [1.165, 1.54) is 0 Å². The maximum absolute atomic E-state index is 13.0. The molecule has 0 radical (unpaired) electrons. The van der Waals surface area contributed by atoms with Crippen LogP contribution < -0.4 is 0 Å². The standard InChI is InChI=1S/C30H56O7/c1-7-13-16-23(10-4)20-35-27(31)19-26(29(33)36-21-24(11-5)17-14-8-2)28(32)30(34)37-22-25(12-6)18-15-9-3/h23-26,28,32H,7-22H2,1-6H3. The van der Waals surface area contributed by atoms with E-state index in [0.29, 0.717) is 0 Å². The van der Waals surface area contributed by atoms with Crippen LogP contribution in [0.15, 0.2) is 0 Å². The fraction of sp³-hybridized carbons (Fsp3) is 0.900. The monoisotopic (exact) mass is 528 g/mol. The first-order chi connectivity index (χ1) is 17.8. The smallest absolute Gasteiger partial charge is 0.335 e. The highest BCUT2D eigenvalue weighted by Crippen LogP contribution is 2.20. The zero-order chi connectivity index (χ0) is 28.1. The van der Waals surface area contributed by atoms with Gasteiger partial charge in [-0.2, -0.15) is 0 Å². The van der Waals surface area contributed by atoms with Crippen molar-refractivity contribution in [2.24, 2.45) is 23.7 Å². The molecule has 218 valence electrons. The number of aliphatic hydroxyl groups excluding tert-OH is 1. The fourth-order valence-corrected chi connectivity index (χ4v) is 4.22. The molecule has 7 heteroatoms. The van der Waals surface area contributed by atoms with Crippen LogP contribution in [-0.4, -0.2) is 48.9 Å². The molecule has 0 saturated heterocycles. The number of unbranched alkanes of at least 4 members (excludes halogenated alkanes) is 3. The third-order valence-corrected chi connectivity index (χ3v) is 7.34. The molecule has 0 spiro atoms. The minimum atomic E-state index is -1.78.